The van der Waals surface area contributed by atoms with Crippen LogP contribution in [0.1, 0.15) is 45.3 Å². The number of nitrogens with zero attached hydrogens (tertiary/aromatic N) is 2. The molecule has 1 aliphatic rings. The Morgan fingerprint density at radius 1 is 1.40 bits per heavy atom. The standard InChI is InChI=1S/C15H22N2O3/c1-10(2)16(9-12-4-5-12)14-7-6-13(11(3)18)8-15(14)17(19)20/h6-8,10-12,18H,4-5,9H2,1-3H3/t11-/m0/s1. The Hall–Kier alpha value is -1.62. The van der Waals surface area contributed by atoms with Gasteiger partial charge in [-0.05, 0) is 51.2 Å². The van der Waals surface area contributed by atoms with Crippen LogP contribution in [-0.4, -0.2) is 22.6 Å². The summed E-state index contributed by atoms with van der Waals surface area (Å²) in [7, 11) is 0. The Bertz CT molecular complexity index is 496. The number of aliphatic hydroxyl groups is 1. The maximum absolute atomic E-state index is 11.3. The lowest BCUT2D eigenvalue weighted by Gasteiger charge is -2.29. The topological polar surface area (TPSA) is 66.6 Å². The number of nitro groups is 1. The van der Waals surface area contributed by atoms with Crippen LogP contribution in [0.3, 0.4) is 0 Å². The van der Waals surface area contributed by atoms with Crippen LogP contribution in [0.25, 0.3) is 0 Å². The molecule has 0 unspecified atom stereocenters. The summed E-state index contributed by atoms with van der Waals surface area (Å²) in [5, 5.41) is 20.9. The maximum atomic E-state index is 11.3. The molecule has 20 heavy (non-hydrogen) atoms. The van der Waals surface area contributed by atoms with Crippen molar-refractivity contribution >= 4 is 11.4 Å². The molecule has 1 N–H and O–H groups in total. The number of aliphatic hydroxyl groups excluding tert-OH is 1. The normalized spacial score (nSPS) is 16.2. The smallest absolute Gasteiger partial charge is 0.292 e. The van der Waals surface area contributed by atoms with E-state index in [1.807, 2.05) is 0 Å². The third-order valence-corrected chi connectivity index (χ3v) is 3.76. The van der Waals surface area contributed by atoms with Gasteiger partial charge in [-0.25, -0.2) is 0 Å². The molecule has 0 aliphatic heterocycles. The lowest BCUT2D eigenvalue weighted by Crippen LogP contribution is -2.33. The van der Waals surface area contributed by atoms with Crippen LogP contribution in [0.4, 0.5) is 11.4 Å². The van der Waals surface area contributed by atoms with Crippen LogP contribution in [0.15, 0.2) is 18.2 Å². The molecule has 0 saturated heterocycles. The van der Waals surface area contributed by atoms with E-state index in [9.17, 15) is 15.2 Å². The molecular weight excluding hydrogens is 256 g/mol. The molecule has 1 fully saturated rings. The monoisotopic (exact) mass is 278 g/mol. The van der Waals surface area contributed by atoms with E-state index >= 15 is 0 Å². The van der Waals surface area contributed by atoms with E-state index in [1.54, 1.807) is 19.1 Å². The Morgan fingerprint density at radius 3 is 2.50 bits per heavy atom. The first-order valence-electron chi connectivity index (χ1n) is 7.13. The van der Waals surface area contributed by atoms with Gasteiger partial charge < -0.3 is 10.0 Å². The van der Waals surface area contributed by atoms with Crippen LogP contribution in [0.5, 0.6) is 0 Å². The van der Waals surface area contributed by atoms with Crippen LogP contribution in [0.2, 0.25) is 0 Å². The molecule has 1 aromatic carbocycles. The van der Waals surface area contributed by atoms with E-state index in [0.29, 0.717) is 17.2 Å². The number of hydrogen-bond donors (Lipinski definition) is 1. The quantitative estimate of drug-likeness (QED) is 0.640. The molecule has 5 nitrogen and oxygen atoms in total. The van der Waals surface area contributed by atoms with Gasteiger partial charge in [-0.15, -0.1) is 0 Å². The van der Waals surface area contributed by atoms with Crippen molar-refractivity contribution in [2.24, 2.45) is 5.92 Å². The summed E-state index contributed by atoms with van der Waals surface area (Å²) in [4.78, 5) is 13.1. The Labute approximate surface area is 119 Å². The van der Waals surface area contributed by atoms with Crippen molar-refractivity contribution in [1.82, 2.24) is 0 Å². The summed E-state index contributed by atoms with van der Waals surface area (Å²) in [5.41, 5.74) is 1.31. The lowest BCUT2D eigenvalue weighted by atomic mass is 10.1. The molecule has 1 atom stereocenters. The first-order chi connectivity index (χ1) is 9.40. The highest BCUT2D eigenvalue weighted by atomic mass is 16.6. The second-order valence-corrected chi connectivity index (χ2v) is 5.87. The van der Waals surface area contributed by atoms with Crippen molar-refractivity contribution < 1.29 is 10.0 Å². The summed E-state index contributed by atoms with van der Waals surface area (Å²) in [6.07, 6.45) is 1.73. The first kappa shape index (κ1) is 14.8. The van der Waals surface area contributed by atoms with Crippen molar-refractivity contribution in [2.45, 2.75) is 45.8 Å². The third kappa shape index (κ3) is 3.28. The Balaban J connectivity index is 2.38. The number of rotatable bonds is 6. The molecule has 1 saturated carbocycles. The average molecular weight is 278 g/mol. The fraction of sp³-hybridized carbons (Fsp3) is 0.600. The molecule has 1 aliphatic carbocycles. The molecule has 1 aromatic rings. The van der Waals surface area contributed by atoms with Gasteiger partial charge in [0.1, 0.15) is 5.69 Å². The summed E-state index contributed by atoms with van der Waals surface area (Å²) in [5.74, 6) is 0.661. The summed E-state index contributed by atoms with van der Waals surface area (Å²) >= 11 is 0. The first-order valence-corrected chi connectivity index (χ1v) is 7.13. The van der Waals surface area contributed by atoms with E-state index in [2.05, 4.69) is 18.7 Å². The molecule has 0 spiro atoms. The van der Waals surface area contributed by atoms with Gasteiger partial charge in [0.25, 0.3) is 5.69 Å². The predicted molar refractivity (Wildman–Crippen MR) is 78.9 cm³/mol. The van der Waals surface area contributed by atoms with Crippen molar-refractivity contribution in [3.63, 3.8) is 0 Å². The average Bonchev–Trinajstić information content (AvgIpc) is 3.18. The summed E-state index contributed by atoms with van der Waals surface area (Å²) in [6.45, 7) is 6.58. The SMILES string of the molecule is CC(C)N(CC1CC1)c1ccc([C@H](C)O)cc1[N+](=O)[O-]. The van der Waals surface area contributed by atoms with Crippen molar-refractivity contribution in [3.8, 4) is 0 Å². The van der Waals surface area contributed by atoms with Gasteiger partial charge in [0.2, 0.25) is 0 Å². The number of hydrogen-bond acceptors (Lipinski definition) is 4. The molecule has 0 heterocycles. The zero-order valence-electron chi connectivity index (χ0n) is 12.2. The summed E-state index contributed by atoms with van der Waals surface area (Å²) in [6, 6.07) is 5.24. The van der Waals surface area contributed by atoms with Gasteiger partial charge in [-0.3, -0.25) is 10.1 Å². The minimum atomic E-state index is -0.696. The largest absolute Gasteiger partial charge is 0.389 e. The molecule has 0 amide bonds. The Morgan fingerprint density at radius 2 is 2.05 bits per heavy atom. The van der Waals surface area contributed by atoms with E-state index in [1.165, 1.54) is 18.9 Å². The fourth-order valence-corrected chi connectivity index (χ4v) is 2.36. The molecule has 110 valence electrons. The van der Waals surface area contributed by atoms with E-state index in [-0.39, 0.29) is 16.7 Å². The molecule has 0 radical (unpaired) electrons. The zero-order chi connectivity index (χ0) is 14.9. The molecule has 0 bridgehead atoms. The van der Waals surface area contributed by atoms with Gasteiger partial charge in [0.05, 0.1) is 11.0 Å². The highest BCUT2D eigenvalue weighted by Crippen LogP contribution is 2.37. The third-order valence-electron chi connectivity index (χ3n) is 3.76. The molecule has 2 rings (SSSR count). The van der Waals surface area contributed by atoms with Crippen LogP contribution >= 0.6 is 0 Å². The molecule has 5 heteroatoms. The minimum absolute atomic E-state index is 0.0813. The molecular formula is C15H22N2O3. The highest BCUT2D eigenvalue weighted by molar-refractivity contribution is 5.65. The van der Waals surface area contributed by atoms with Crippen LogP contribution in [0, 0.1) is 16.0 Å². The summed E-state index contributed by atoms with van der Waals surface area (Å²) < 4.78 is 0. The minimum Gasteiger partial charge on any atom is -0.389 e. The van der Waals surface area contributed by atoms with Gasteiger partial charge in [-0.2, -0.15) is 0 Å². The van der Waals surface area contributed by atoms with E-state index in [0.717, 1.165) is 6.54 Å². The lowest BCUT2D eigenvalue weighted by molar-refractivity contribution is -0.384. The second-order valence-electron chi connectivity index (χ2n) is 5.87. The van der Waals surface area contributed by atoms with E-state index < -0.39 is 6.10 Å². The van der Waals surface area contributed by atoms with Gasteiger partial charge in [-0.1, -0.05) is 6.07 Å². The number of nitro benzene ring substituents is 1. The molecule has 0 aromatic heterocycles. The maximum Gasteiger partial charge on any atom is 0.292 e. The van der Waals surface area contributed by atoms with Crippen LogP contribution < -0.4 is 4.90 Å². The van der Waals surface area contributed by atoms with Crippen molar-refractivity contribution in [3.05, 3.63) is 33.9 Å². The van der Waals surface area contributed by atoms with Gasteiger partial charge in [0, 0.05) is 18.7 Å². The van der Waals surface area contributed by atoms with Crippen LogP contribution in [-0.2, 0) is 0 Å². The Kier molecular flexibility index (Phi) is 4.28. The highest BCUT2D eigenvalue weighted by Gasteiger charge is 2.29. The fourth-order valence-electron chi connectivity index (χ4n) is 2.36. The van der Waals surface area contributed by atoms with E-state index in [4.69, 9.17) is 0 Å². The number of anilines is 1. The zero-order valence-corrected chi connectivity index (χ0v) is 12.2. The van der Waals surface area contributed by atoms with Gasteiger partial charge in [0.15, 0.2) is 0 Å². The van der Waals surface area contributed by atoms with Crippen molar-refractivity contribution in [2.75, 3.05) is 11.4 Å². The number of benzene rings is 1. The second kappa shape index (κ2) is 5.79. The van der Waals surface area contributed by atoms with Gasteiger partial charge >= 0.3 is 0 Å². The predicted octanol–water partition coefficient (Wildman–Crippen LogP) is 3.27. The van der Waals surface area contributed by atoms with Crippen molar-refractivity contribution in [1.29, 1.82) is 0 Å².